The van der Waals surface area contributed by atoms with Gasteiger partial charge in [0.15, 0.2) is 0 Å². The van der Waals surface area contributed by atoms with Crippen LogP contribution in [0.4, 0.5) is 0 Å². The minimum atomic E-state index is -3.73. The van der Waals surface area contributed by atoms with Gasteiger partial charge in [0.25, 0.3) is 5.91 Å². The second kappa shape index (κ2) is 10.5. The second-order valence-electron chi connectivity index (χ2n) is 7.35. The van der Waals surface area contributed by atoms with E-state index in [0.29, 0.717) is 17.6 Å². The highest BCUT2D eigenvalue weighted by Gasteiger charge is 2.22. The number of ether oxygens (including phenoxy) is 1. The van der Waals surface area contributed by atoms with E-state index in [1.165, 1.54) is 12.1 Å². The number of amides is 1. The van der Waals surface area contributed by atoms with Gasteiger partial charge in [-0.1, -0.05) is 37.3 Å². The molecular weight excluding hydrogens is 468 g/mol. The lowest BCUT2D eigenvalue weighted by molar-refractivity contribution is 0.0950. The molecule has 3 rings (SSSR count). The molecule has 2 atom stereocenters. The molecule has 0 radical (unpaired) electrons. The first-order valence-corrected chi connectivity index (χ1v) is 12.4. The Hall–Kier alpha value is -1.74. The van der Waals surface area contributed by atoms with Gasteiger partial charge in [0, 0.05) is 30.1 Å². The molecule has 0 aromatic heterocycles. The maximum absolute atomic E-state index is 12.8. The summed E-state index contributed by atoms with van der Waals surface area (Å²) in [5.41, 5.74) is 1.45. The molecule has 1 saturated heterocycles. The Morgan fingerprint density at radius 3 is 2.67 bits per heavy atom. The molecule has 1 aliphatic rings. The van der Waals surface area contributed by atoms with Crippen molar-refractivity contribution in [2.75, 3.05) is 19.7 Å². The van der Waals surface area contributed by atoms with E-state index in [0.717, 1.165) is 24.8 Å². The van der Waals surface area contributed by atoms with Crippen LogP contribution in [-0.4, -0.2) is 40.1 Å². The van der Waals surface area contributed by atoms with Crippen LogP contribution in [0.25, 0.3) is 0 Å². The van der Waals surface area contributed by atoms with Crippen molar-refractivity contribution in [3.63, 3.8) is 0 Å². The van der Waals surface area contributed by atoms with Crippen molar-refractivity contribution in [1.29, 1.82) is 0 Å². The first kappa shape index (κ1) is 22.9. The molecule has 0 aliphatic carbocycles. The Balaban J connectivity index is 1.68. The maximum atomic E-state index is 12.8. The minimum absolute atomic E-state index is 0.0592. The molecule has 162 valence electrons. The number of carbonyl (C=O) groups is 1. The van der Waals surface area contributed by atoms with Gasteiger partial charge in [-0.05, 0) is 59.0 Å². The van der Waals surface area contributed by atoms with Crippen LogP contribution in [-0.2, 0) is 14.8 Å². The molecular formula is C22H27BrN2O4S. The highest BCUT2D eigenvalue weighted by molar-refractivity contribution is 9.10. The van der Waals surface area contributed by atoms with Crippen molar-refractivity contribution in [3.05, 3.63) is 64.1 Å². The summed E-state index contributed by atoms with van der Waals surface area (Å²) in [5.74, 6) is -0.124. The Morgan fingerprint density at radius 1 is 1.23 bits per heavy atom. The first-order chi connectivity index (χ1) is 14.4. The van der Waals surface area contributed by atoms with E-state index in [2.05, 4.69) is 32.9 Å². The fraction of sp³-hybridized carbons (Fsp3) is 0.409. The van der Waals surface area contributed by atoms with E-state index in [1.807, 2.05) is 30.3 Å². The van der Waals surface area contributed by atoms with Gasteiger partial charge in [-0.15, -0.1) is 0 Å². The molecule has 0 spiro atoms. The zero-order valence-corrected chi connectivity index (χ0v) is 19.3. The van der Waals surface area contributed by atoms with Crippen LogP contribution in [0.3, 0.4) is 0 Å². The van der Waals surface area contributed by atoms with Crippen molar-refractivity contribution in [3.8, 4) is 0 Å². The molecule has 6 nitrogen and oxygen atoms in total. The molecule has 0 saturated carbocycles. The Bertz CT molecular complexity index is 960. The molecule has 2 unspecified atom stereocenters. The monoisotopic (exact) mass is 494 g/mol. The van der Waals surface area contributed by atoms with Crippen LogP contribution in [0.1, 0.15) is 48.0 Å². The quantitative estimate of drug-likeness (QED) is 0.554. The summed E-state index contributed by atoms with van der Waals surface area (Å²) >= 11 is 3.36. The van der Waals surface area contributed by atoms with Crippen LogP contribution in [0, 0.1) is 0 Å². The van der Waals surface area contributed by atoms with Gasteiger partial charge < -0.3 is 10.1 Å². The maximum Gasteiger partial charge on any atom is 0.252 e. The van der Waals surface area contributed by atoms with E-state index in [9.17, 15) is 13.2 Å². The highest BCUT2D eigenvalue weighted by atomic mass is 79.9. The van der Waals surface area contributed by atoms with Crippen molar-refractivity contribution >= 4 is 31.9 Å². The van der Waals surface area contributed by atoms with Gasteiger partial charge in [0.05, 0.1) is 16.6 Å². The number of benzene rings is 2. The lowest BCUT2D eigenvalue weighted by Gasteiger charge is -2.17. The van der Waals surface area contributed by atoms with E-state index >= 15 is 0 Å². The SMILES string of the molecule is CCC(CNC(=O)c1cc(S(=O)(=O)NCC2CCCO2)ccc1Br)c1ccccc1. The molecule has 2 aromatic rings. The number of rotatable bonds is 9. The molecule has 2 aromatic carbocycles. The van der Waals surface area contributed by atoms with Gasteiger partial charge in [0.1, 0.15) is 0 Å². The number of hydrogen-bond acceptors (Lipinski definition) is 4. The van der Waals surface area contributed by atoms with Crippen molar-refractivity contribution in [2.24, 2.45) is 0 Å². The highest BCUT2D eigenvalue weighted by Crippen LogP contribution is 2.23. The van der Waals surface area contributed by atoms with Crippen LogP contribution >= 0.6 is 15.9 Å². The summed E-state index contributed by atoms with van der Waals surface area (Å²) in [7, 11) is -3.73. The average Bonchev–Trinajstić information content (AvgIpc) is 3.27. The standard InChI is InChI=1S/C22H27BrN2O4S/c1-2-16(17-7-4-3-5-8-17)14-24-22(26)20-13-19(10-11-21(20)23)30(27,28)25-15-18-9-6-12-29-18/h3-5,7-8,10-11,13,16,18,25H,2,6,9,12,14-15H2,1H3,(H,24,26). The van der Waals surface area contributed by atoms with Crippen LogP contribution in [0.2, 0.25) is 0 Å². The predicted octanol–water partition coefficient (Wildman–Crippen LogP) is 3.83. The van der Waals surface area contributed by atoms with E-state index in [-0.39, 0.29) is 34.9 Å². The van der Waals surface area contributed by atoms with E-state index < -0.39 is 10.0 Å². The molecule has 2 N–H and O–H groups in total. The fourth-order valence-corrected chi connectivity index (χ4v) is 4.99. The largest absolute Gasteiger partial charge is 0.377 e. The van der Waals surface area contributed by atoms with Crippen LogP contribution in [0.15, 0.2) is 57.9 Å². The molecule has 0 bridgehead atoms. The number of hydrogen-bond donors (Lipinski definition) is 2. The lowest BCUT2D eigenvalue weighted by atomic mass is 9.96. The number of halogens is 1. The third-order valence-electron chi connectivity index (χ3n) is 5.29. The zero-order chi connectivity index (χ0) is 21.6. The molecule has 1 fully saturated rings. The van der Waals surface area contributed by atoms with Gasteiger partial charge in [-0.2, -0.15) is 0 Å². The third kappa shape index (κ3) is 5.91. The van der Waals surface area contributed by atoms with Gasteiger partial charge >= 0.3 is 0 Å². The summed E-state index contributed by atoms with van der Waals surface area (Å²) in [4.78, 5) is 12.8. The smallest absolute Gasteiger partial charge is 0.252 e. The van der Waals surface area contributed by atoms with Crippen LogP contribution in [0.5, 0.6) is 0 Å². The number of nitrogens with one attached hydrogen (secondary N) is 2. The Morgan fingerprint density at radius 2 is 2.00 bits per heavy atom. The minimum Gasteiger partial charge on any atom is -0.377 e. The molecule has 30 heavy (non-hydrogen) atoms. The van der Waals surface area contributed by atoms with Gasteiger partial charge in [-0.25, -0.2) is 13.1 Å². The average molecular weight is 495 g/mol. The molecule has 8 heteroatoms. The normalized spacial score (nSPS) is 17.6. The Labute approximate surface area is 186 Å². The van der Waals surface area contributed by atoms with Crippen molar-refractivity contribution < 1.29 is 17.9 Å². The topological polar surface area (TPSA) is 84.5 Å². The van der Waals surface area contributed by atoms with Crippen molar-refractivity contribution in [2.45, 2.75) is 43.1 Å². The summed E-state index contributed by atoms with van der Waals surface area (Å²) in [5, 5.41) is 2.94. The van der Waals surface area contributed by atoms with Crippen LogP contribution < -0.4 is 10.0 Å². The number of sulfonamides is 1. The van der Waals surface area contributed by atoms with Gasteiger partial charge in [-0.3, -0.25) is 4.79 Å². The molecule has 1 amide bonds. The fourth-order valence-electron chi connectivity index (χ4n) is 3.47. The second-order valence-corrected chi connectivity index (χ2v) is 9.98. The molecule has 1 heterocycles. The summed E-state index contributed by atoms with van der Waals surface area (Å²) in [6, 6.07) is 14.5. The van der Waals surface area contributed by atoms with Crippen molar-refractivity contribution in [1.82, 2.24) is 10.0 Å². The summed E-state index contributed by atoms with van der Waals surface area (Å²) in [6.45, 7) is 3.44. The zero-order valence-electron chi connectivity index (χ0n) is 16.9. The van der Waals surface area contributed by atoms with E-state index in [4.69, 9.17) is 4.74 Å². The summed E-state index contributed by atoms with van der Waals surface area (Å²) in [6.07, 6.45) is 2.57. The first-order valence-electron chi connectivity index (χ1n) is 10.1. The summed E-state index contributed by atoms with van der Waals surface area (Å²) < 4.78 is 33.9. The predicted molar refractivity (Wildman–Crippen MR) is 120 cm³/mol. The number of carbonyl (C=O) groups excluding carboxylic acids is 1. The third-order valence-corrected chi connectivity index (χ3v) is 7.40. The van der Waals surface area contributed by atoms with E-state index in [1.54, 1.807) is 6.07 Å². The van der Waals surface area contributed by atoms with Gasteiger partial charge in [0.2, 0.25) is 10.0 Å². The molecule has 1 aliphatic heterocycles. The lowest BCUT2D eigenvalue weighted by Crippen LogP contribution is -2.32. The Kier molecular flexibility index (Phi) is 8.05.